The first-order valence-corrected chi connectivity index (χ1v) is 43.8. The molecule has 0 rings (SSSR count). The van der Waals surface area contributed by atoms with Crippen molar-refractivity contribution < 1.29 is 80.2 Å². The summed E-state index contributed by atoms with van der Waals surface area (Å²) in [5.41, 5.74) is 0. The quantitative estimate of drug-likeness (QED) is 0.0169. The van der Waals surface area contributed by atoms with Gasteiger partial charge in [-0.15, -0.1) is 0 Å². The van der Waals surface area contributed by atoms with Gasteiger partial charge >= 0.3 is 39.5 Å². The molecule has 0 spiro atoms. The van der Waals surface area contributed by atoms with Gasteiger partial charge in [-0.25, -0.2) is 9.13 Å². The molecule has 0 aromatic carbocycles. The van der Waals surface area contributed by atoms with Crippen LogP contribution in [0.5, 0.6) is 0 Å². The number of unbranched alkanes of at least 4 members (excludes halogenated alkanes) is 37. The molecule has 0 heterocycles. The second-order valence-electron chi connectivity index (χ2n) is 27.3. The van der Waals surface area contributed by atoms with Gasteiger partial charge in [0.15, 0.2) is 12.2 Å². The third-order valence-corrected chi connectivity index (χ3v) is 19.3. The van der Waals surface area contributed by atoms with Gasteiger partial charge in [-0.05, 0) is 89.9 Å². The predicted molar refractivity (Wildman–Crippen MR) is 418 cm³/mol. The molecule has 5 unspecified atom stereocenters. The molecular weight excluding hydrogens is 1330 g/mol. The van der Waals surface area contributed by atoms with Crippen LogP contribution in [0.1, 0.15) is 362 Å². The third kappa shape index (κ3) is 74.5. The van der Waals surface area contributed by atoms with Crippen LogP contribution in [0, 0.1) is 0 Å². The van der Waals surface area contributed by atoms with E-state index < -0.39 is 97.5 Å². The monoisotopic (exact) mass is 1480 g/mol. The molecule has 0 radical (unpaired) electrons. The number of aliphatic hydroxyl groups excluding tert-OH is 1. The average molecular weight is 1480 g/mol. The lowest BCUT2D eigenvalue weighted by Crippen LogP contribution is -2.30. The van der Waals surface area contributed by atoms with Gasteiger partial charge in [0, 0.05) is 25.7 Å². The van der Waals surface area contributed by atoms with Crippen LogP contribution >= 0.6 is 15.6 Å². The van der Waals surface area contributed by atoms with E-state index in [0.29, 0.717) is 32.1 Å². The number of carbonyl (C=O) groups is 4. The summed E-state index contributed by atoms with van der Waals surface area (Å²) in [7, 11) is -9.96. The number of esters is 4. The van der Waals surface area contributed by atoms with Gasteiger partial charge < -0.3 is 33.8 Å². The molecule has 102 heavy (non-hydrogen) atoms. The first-order chi connectivity index (χ1) is 49.7. The number of phosphoric ester groups is 2. The molecule has 5 atom stereocenters. The van der Waals surface area contributed by atoms with Gasteiger partial charge in [-0.2, -0.15) is 0 Å². The number of rotatable bonds is 77. The van der Waals surface area contributed by atoms with E-state index >= 15 is 0 Å². The van der Waals surface area contributed by atoms with Crippen molar-refractivity contribution in [2.24, 2.45) is 0 Å². The van der Waals surface area contributed by atoms with Crippen molar-refractivity contribution in [2.45, 2.75) is 380 Å². The smallest absolute Gasteiger partial charge is 0.462 e. The molecular formula is C83H148O17P2. The van der Waals surface area contributed by atoms with Gasteiger partial charge in [0.25, 0.3) is 0 Å². The number of hydrogen-bond donors (Lipinski definition) is 3. The Morgan fingerprint density at radius 3 is 0.843 bits per heavy atom. The molecule has 0 saturated carbocycles. The Hall–Kier alpha value is -3.76. The van der Waals surface area contributed by atoms with E-state index in [1.165, 1.54) is 154 Å². The van der Waals surface area contributed by atoms with Crippen LogP contribution in [0.3, 0.4) is 0 Å². The average Bonchev–Trinajstić information content (AvgIpc) is 0.908. The Morgan fingerprint density at radius 1 is 0.284 bits per heavy atom. The van der Waals surface area contributed by atoms with E-state index in [1.54, 1.807) is 0 Å². The largest absolute Gasteiger partial charge is 0.472 e. The SMILES string of the molecule is CC/C=C\C/C=C\C/C=C\C/C=C\C/C=C\C/C=C\CCC(=O)OCC(COP(=O)(O)OCC(O)COP(=O)(O)OCC(COC(=O)CCCCCCC/C=C\CCCCCCCC)OC(=O)CCCCCCCCCCCCCCCCC)OC(=O)CCCCCCCCCCCCCCC. The van der Waals surface area contributed by atoms with E-state index in [-0.39, 0.29) is 25.7 Å². The van der Waals surface area contributed by atoms with Gasteiger partial charge in [0.1, 0.15) is 19.3 Å². The summed E-state index contributed by atoms with van der Waals surface area (Å²) < 4.78 is 68.6. The Bertz CT molecular complexity index is 2260. The minimum absolute atomic E-state index is 0.0392. The van der Waals surface area contributed by atoms with Crippen molar-refractivity contribution in [3.63, 3.8) is 0 Å². The Labute approximate surface area is 621 Å². The molecule has 0 saturated heterocycles. The highest BCUT2D eigenvalue weighted by atomic mass is 31.2. The van der Waals surface area contributed by atoms with E-state index in [9.17, 15) is 43.2 Å². The number of allylic oxidation sites excluding steroid dienone is 14. The fourth-order valence-electron chi connectivity index (χ4n) is 11.2. The first kappa shape index (κ1) is 98.2. The maximum Gasteiger partial charge on any atom is 0.472 e. The van der Waals surface area contributed by atoms with Gasteiger partial charge in [0.05, 0.1) is 26.4 Å². The van der Waals surface area contributed by atoms with E-state index in [2.05, 4.69) is 101 Å². The summed E-state index contributed by atoms with van der Waals surface area (Å²) in [6.45, 7) is 4.73. The van der Waals surface area contributed by atoms with Crippen molar-refractivity contribution in [1.82, 2.24) is 0 Å². The summed E-state index contributed by atoms with van der Waals surface area (Å²) in [6, 6.07) is 0. The maximum absolute atomic E-state index is 13.1. The number of carbonyl (C=O) groups excluding carboxylic acids is 4. The van der Waals surface area contributed by atoms with Crippen molar-refractivity contribution in [1.29, 1.82) is 0 Å². The highest BCUT2D eigenvalue weighted by molar-refractivity contribution is 7.47. The fourth-order valence-corrected chi connectivity index (χ4v) is 12.8. The molecule has 19 heteroatoms. The van der Waals surface area contributed by atoms with Crippen molar-refractivity contribution in [3.05, 3.63) is 85.1 Å². The topological polar surface area (TPSA) is 237 Å². The van der Waals surface area contributed by atoms with Crippen molar-refractivity contribution >= 4 is 39.5 Å². The van der Waals surface area contributed by atoms with Crippen LogP contribution in [0.25, 0.3) is 0 Å². The molecule has 0 aromatic rings. The Morgan fingerprint density at radius 2 is 0.529 bits per heavy atom. The minimum Gasteiger partial charge on any atom is -0.462 e. The number of ether oxygens (including phenoxy) is 4. The van der Waals surface area contributed by atoms with Crippen LogP contribution < -0.4 is 0 Å². The molecule has 0 aliphatic carbocycles. The molecule has 0 aliphatic rings. The molecule has 0 bridgehead atoms. The van der Waals surface area contributed by atoms with E-state index in [0.717, 1.165) is 122 Å². The highest BCUT2D eigenvalue weighted by Gasteiger charge is 2.30. The normalized spacial score (nSPS) is 14.3. The number of hydrogen-bond acceptors (Lipinski definition) is 15. The lowest BCUT2D eigenvalue weighted by atomic mass is 10.0. The second-order valence-corrected chi connectivity index (χ2v) is 30.3. The molecule has 0 fully saturated rings. The van der Waals surface area contributed by atoms with Crippen molar-refractivity contribution in [3.8, 4) is 0 Å². The summed E-state index contributed by atoms with van der Waals surface area (Å²) in [5.74, 6) is -2.25. The molecule has 3 N–H and O–H groups in total. The summed E-state index contributed by atoms with van der Waals surface area (Å²) in [4.78, 5) is 73.0. The third-order valence-electron chi connectivity index (χ3n) is 17.4. The number of aliphatic hydroxyl groups is 1. The summed E-state index contributed by atoms with van der Waals surface area (Å²) >= 11 is 0. The van der Waals surface area contributed by atoms with Gasteiger partial charge in [-0.1, -0.05) is 331 Å². The van der Waals surface area contributed by atoms with Crippen LogP contribution in [-0.4, -0.2) is 96.7 Å². The zero-order valence-electron chi connectivity index (χ0n) is 64.8. The Kier molecular flexibility index (Phi) is 72.7. The van der Waals surface area contributed by atoms with Gasteiger partial charge in [0.2, 0.25) is 0 Å². The maximum atomic E-state index is 13.1. The lowest BCUT2D eigenvalue weighted by molar-refractivity contribution is -0.161. The van der Waals surface area contributed by atoms with E-state index in [4.69, 9.17) is 37.0 Å². The molecule has 0 aromatic heterocycles. The van der Waals surface area contributed by atoms with Gasteiger partial charge in [-0.3, -0.25) is 37.3 Å². The fraction of sp³-hybridized carbons (Fsp3) is 0.783. The molecule has 0 amide bonds. The summed E-state index contributed by atoms with van der Waals surface area (Å²) in [5, 5.41) is 10.6. The first-order valence-electron chi connectivity index (χ1n) is 40.8. The predicted octanol–water partition coefficient (Wildman–Crippen LogP) is 23.8. The standard InChI is InChI=1S/C83H148O17P2/c1-5-9-13-17-21-25-29-33-36-37-38-39-42-45-48-52-56-60-64-68-81(86)94-73-78(99-82(87)69-65-61-57-53-49-43-32-28-24-20-16-12-8-4)75-97-101(89,90)95-71-77(84)72-96-102(91,92)98-76-79(100-83(88)70-66-62-58-54-50-46-41-35-31-27-23-19-15-11-7-3)74-93-80(85)67-63-59-55-51-47-44-40-34-30-26-22-18-14-10-6-2/h9,13,21,25,33-34,36,38-40,45,48,56,60,77-79,84H,5-8,10-12,14-20,22-24,26-32,35,37,41-44,46-47,49-55,57-59,61-76H2,1-4H3,(H,89,90)(H,91,92)/b13-9-,25-21-,36-33-,39-38-,40-34-,48-45-,60-56-. The summed E-state index contributed by atoms with van der Waals surface area (Å²) in [6.07, 6.45) is 78.6. The second kappa shape index (κ2) is 75.5. The zero-order valence-corrected chi connectivity index (χ0v) is 66.6. The minimum atomic E-state index is -4.99. The lowest BCUT2D eigenvalue weighted by Gasteiger charge is -2.21. The molecule has 0 aliphatic heterocycles. The van der Waals surface area contributed by atoms with Crippen LogP contribution in [0.2, 0.25) is 0 Å². The van der Waals surface area contributed by atoms with Crippen molar-refractivity contribution in [2.75, 3.05) is 39.6 Å². The van der Waals surface area contributed by atoms with Crippen LogP contribution in [0.4, 0.5) is 0 Å². The van der Waals surface area contributed by atoms with Crippen LogP contribution in [0.15, 0.2) is 85.1 Å². The zero-order chi connectivity index (χ0) is 74.6. The molecule has 592 valence electrons. The number of phosphoric acid groups is 2. The highest BCUT2D eigenvalue weighted by Crippen LogP contribution is 2.45. The Balaban J connectivity index is 5.38. The van der Waals surface area contributed by atoms with Crippen LogP contribution in [-0.2, 0) is 65.4 Å². The molecule has 17 nitrogen and oxygen atoms in total. The van der Waals surface area contributed by atoms with E-state index in [1.807, 2.05) is 12.2 Å².